The summed E-state index contributed by atoms with van der Waals surface area (Å²) in [6, 6.07) is 0.838. The molecule has 0 aliphatic rings. The average Bonchev–Trinajstić information content (AvgIpc) is 2.75. The number of carbonyl (C=O) groups is 1. The third kappa shape index (κ3) is 18.3. The zero-order chi connectivity index (χ0) is 22.5. The molecule has 0 bridgehead atoms. The molecule has 0 saturated heterocycles. The minimum Gasteiger partial charge on any atom is -0.466 e. The Morgan fingerprint density at radius 2 is 1.30 bits per heavy atom. The van der Waals surface area contributed by atoms with Gasteiger partial charge in [-0.3, -0.25) is 4.79 Å². The van der Waals surface area contributed by atoms with Gasteiger partial charge in [0.1, 0.15) is 0 Å². The van der Waals surface area contributed by atoms with Crippen molar-refractivity contribution in [1.82, 2.24) is 0 Å². The molecule has 0 radical (unpaired) electrons. The van der Waals surface area contributed by atoms with Crippen LogP contribution in [0.3, 0.4) is 0 Å². The first kappa shape index (κ1) is 29.6. The molecule has 1 unspecified atom stereocenters. The molecule has 0 aromatic heterocycles. The van der Waals surface area contributed by atoms with Crippen LogP contribution in [0.25, 0.3) is 0 Å². The molecule has 0 rings (SSSR count). The van der Waals surface area contributed by atoms with Crippen LogP contribution in [-0.2, 0) is 18.4 Å². The van der Waals surface area contributed by atoms with E-state index in [-0.39, 0.29) is 12.1 Å². The lowest BCUT2D eigenvalue weighted by atomic mass is 10.0. The van der Waals surface area contributed by atoms with Crippen LogP contribution in [-0.4, -0.2) is 46.6 Å². The van der Waals surface area contributed by atoms with E-state index in [1.165, 1.54) is 57.8 Å². The van der Waals surface area contributed by atoms with Crippen molar-refractivity contribution in [2.24, 2.45) is 0 Å². The largest absolute Gasteiger partial charge is 0.466 e. The number of hydrogen-bond acceptors (Lipinski definition) is 5. The molecule has 0 amide bonds. The van der Waals surface area contributed by atoms with E-state index in [0.717, 1.165) is 44.6 Å². The van der Waals surface area contributed by atoms with E-state index in [9.17, 15) is 9.90 Å². The predicted octanol–water partition coefficient (Wildman–Crippen LogP) is 6.52. The van der Waals surface area contributed by atoms with E-state index in [4.69, 9.17) is 13.6 Å². The first-order valence-corrected chi connectivity index (χ1v) is 14.9. The summed E-state index contributed by atoms with van der Waals surface area (Å²) in [4.78, 5) is 11.8. The fourth-order valence-electron chi connectivity index (χ4n) is 3.60. The van der Waals surface area contributed by atoms with Gasteiger partial charge in [-0.2, -0.15) is 0 Å². The molecule has 1 atom stereocenters. The number of aliphatic hydroxyl groups excluding tert-OH is 1. The molecule has 180 valence electrons. The van der Waals surface area contributed by atoms with Crippen LogP contribution >= 0.6 is 0 Å². The van der Waals surface area contributed by atoms with Crippen molar-refractivity contribution in [3.63, 3.8) is 0 Å². The first-order chi connectivity index (χ1) is 14.5. The highest BCUT2D eigenvalue weighted by Crippen LogP contribution is 2.15. The minimum absolute atomic E-state index is 0.0820. The number of rotatable bonds is 22. The second-order valence-electron chi connectivity index (χ2n) is 8.74. The Hall–Kier alpha value is -0.433. The number of unbranched alkanes of at least 4 members (excludes halogenated alkanes) is 10. The second kappa shape index (κ2) is 20.5. The molecule has 0 fully saturated rings. The van der Waals surface area contributed by atoms with Gasteiger partial charge in [-0.1, -0.05) is 77.6 Å². The molecular formula is C24H50O5Si. The van der Waals surface area contributed by atoms with Gasteiger partial charge in [0.25, 0.3) is 0 Å². The molecule has 1 N–H and O–H groups in total. The van der Waals surface area contributed by atoms with E-state index >= 15 is 0 Å². The number of ether oxygens (including phenoxy) is 1. The van der Waals surface area contributed by atoms with E-state index in [2.05, 4.69) is 6.92 Å². The third-order valence-corrected chi connectivity index (χ3v) is 8.95. The van der Waals surface area contributed by atoms with Gasteiger partial charge in [0.2, 0.25) is 0 Å². The normalized spacial score (nSPS) is 12.8. The van der Waals surface area contributed by atoms with Crippen molar-refractivity contribution in [2.45, 2.75) is 128 Å². The average molecular weight is 447 g/mol. The van der Waals surface area contributed by atoms with Gasteiger partial charge in [0.05, 0.1) is 12.7 Å². The molecule has 0 aromatic carbocycles. The highest BCUT2D eigenvalue weighted by atomic mass is 28.4. The lowest BCUT2D eigenvalue weighted by Gasteiger charge is -2.22. The van der Waals surface area contributed by atoms with E-state index in [1.54, 1.807) is 14.2 Å². The summed E-state index contributed by atoms with van der Waals surface area (Å²) in [7, 11) is 1.33. The Balaban J connectivity index is 3.36. The van der Waals surface area contributed by atoms with Crippen LogP contribution in [0, 0.1) is 0 Å². The van der Waals surface area contributed by atoms with Crippen LogP contribution in [0.5, 0.6) is 0 Å². The highest BCUT2D eigenvalue weighted by molar-refractivity contribution is 6.65. The fraction of sp³-hybridized carbons (Fsp3) is 0.958. The summed E-state index contributed by atoms with van der Waals surface area (Å²) in [6.45, 7) is 4.70. The summed E-state index contributed by atoms with van der Waals surface area (Å²) < 4.78 is 16.2. The summed E-state index contributed by atoms with van der Waals surface area (Å²) in [5.74, 6) is -0.0820. The van der Waals surface area contributed by atoms with Crippen molar-refractivity contribution in [3.05, 3.63) is 0 Å². The van der Waals surface area contributed by atoms with Crippen molar-refractivity contribution in [2.75, 3.05) is 20.8 Å². The van der Waals surface area contributed by atoms with Crippen molar-refractivity contribution < 1.29 is 23.5 Å². The van der Waals surface area contributed by atoms with Crippen molar-refractivity contribution >= 4 is 14.5 Å². The maximum absolute atomic E-state index is 11.8. The van der Waals surface area contributed by atoms with Crippen LogP contribution in [0.15, 0.2) is 0 Å². The minimum atomic E-state index is -2.04. The molecule has 6 heteroatoms. The van der Waals surface area contributed by atoms with Crippen LogP contribution in [0.1, 0.15) is 110 Å². The van der Waals surface area contributed by atoms with Gasteiger partial charge < -0.3 is 18.7 Å². The van der Waals surface area contributed by atoms with Gasteiger partial charge >= 0.3 is 14.5 Å². The number of hydrogen-bond donors (Lipinski definition) is 1. The van der Waals surface area contributed by atoms with Crippen molar-refractivity contribution in [1.29, 1.82) is 0 Å². The maximum atomic E-state index is 11.8. The van der Waals surface area contributed by atoms with E-state index < -0.39 is 8.56 Å². The Morgan fingerprint density at radius 1 is 0.800 bits per heavy atom. The Kier molecular flexibility index (Phi) is 20.2. The van der Waals surface area contributed by atoms with Crippen molar-refractivity contribution in [3.8, 4) is 0 Å². The van der Waals surface area contributed by atoms with Gasteiger partial charge in [-0.05, 0) is 38.3 Å². The lowest BCUT2D eigenvalue weighted by molar-refractivity contribution is -0.143. The van der Waals surface area contributed by atoms with Crippen LogP contribution in [0.4, 0.5) is 0 Å². The standard InChI is InChI=1S/C24H50O5Si/c1-5-6-7-14-18-23(25)19-15-12-10-8-9-11-13-16-20-24(26)29-21-17-22-30(4,27-2)28-3/h23,25H,5-22H2,1-4H3. The molecule has 0 spiro atoms. The Morgan fingerprint density at radius 3 is 1.83 bits per heavy atom. The molecule has 30 heavy (non-hydrogen) atoms. The smallest absolute Gasteiger partial charge is 0.334 e. The lowest BCUT2D eigenvalue weighted by Crippen LogP contribution is -2.36. The summed E-state index contributed by atoms with van der Waals surface area (Å²) >= 11 is 0. The maximum Gasteiger partial charge on any atom is 0.334 e. The van der Waals surface area contributed by atoms with Gasteiger partial charge in [0, 0.05) is 20.6 Å². The summed E-state index contributed by atoms with van der Waals surface area (Å²) in [5, 5.41) is 9.97. The number of esters is 1. The highest BCUT2D eigenvalue weighted by Gasteiger charge is 2.27. The number of carbonyl (C=O) groups excluding carboxylic acids is 1. The zero-order valence-electron chi connectivity index (χ0n) is 20.4. The van der Waals surface area contributed by atoms with Gasteiger partial charge in [-0.15, -0.1) is 0 Å². The molecule has 5 nitrogen and oxygen atoms in total. The SMILES string of the molecule is CCCCCCC(O)CCCCCCCCCCC(=O)OCCC[Si](C)(OC)OC. The quantitative estimate of drug-likeness (QED) is 0.116. The topological polar surface area (TPSA) is 65.0 Å². The molecule has 0 aliphatic carbocycles. The van der Waals surface area contributed by atoms with Gasteiger partial charge in [0.15, 0.2) is 0 Å². The van der Waals surface area contributed by atoms with Crippen LogP contribution < -0.4 is 0 Å². The monoisotopic (exact) mass is 446 g/mol. The molecule has 0 aliphatic heterocycles. The molecule has 0 heterocycles. The fourth-order valence-corrected chi connectivity index (χ4v) is 4.96. The summed E-state index contributed by atoms with van der Waals surface area (Å²) in [6.07, 6.45) is 17.5. The Labute approximate surface area is 187 Å². The zero-order valence-corrected chi connectivity index (χ0v) is 21.4. The van der Waals surface area contributed by atoms with Gasteiger partial charge in [-0.25, -0.2) is 0 Å². The summed E-state index contributed by atoms with van der Waals surface area (Å²) in [5.41, 5.74) is 0. The predicted molar refractivity (Wildman–Crippen MR) is 127 cm³/mol. The number of aliphatic hydroxyl groups is 1. The van der Waals surface area contributed by atoms with E-state index in [1.807, 2.05) is 6.55 Å². The molecular weight excluding hydrogens is 396 g/mol. The molecule has 0 saturated carbocycles. The van der Waals surface area contributed by atoms with Crippen LogP contribution in [0.2, 0.25) is 12.6 Å². The second-order valence-corrected chi connectivity index (χ2v) is 12.3. The third-order valence-electron chi connectivity index (χ3n) is 5.96. The Bertz CT molecular complexity index is 388. The van der Waals surface area contributed by atoms with E-state index in [0.29, 0.717) is 13.0 Å². The first-order valence-electron chi connectivity index (χ1n) is 12.4. The molecule has 0 aromatic rings.